The van der Waals surface area contributed by atoms with Crippen LogP contribution in [0.15, 0.2) is 24.3 Å². The lowest BCUT2D eigenvalue weighted by Gasteiger charge is -2.49. The maximum Gasteiger partial charge on any atom is 0.407 e. The number of hydroxylamine groups is 2. The highest BCUT2D eigenvalue weighted by Gasteiger charge is 2.54. The molecule has 2 aromatic rings. The van der Waals surface area contributed by atoms with E-state index in [0.717, 1.165) is 5.06 Å². The maximum atomic E-state index is 13.4. The molecule has 1 amide bonds. The molecule has 1 aliphatic carbocycles. The molecule has 3 aliphatic heterocycles. The monoisotopic (exact) mass is 669 g/mol. The quantitative estimate of drug-likeness (QED) is 0.318. The third-order valence-corrected chi connectivity index (χ3v) is 9.63. The Bertz CT molecular complexity index is 1560. The Morgan fingerprint density at radius 2 is 1.48 bits per heavy atom. The number of benzene rings is 2. The van der Waals surface area contributed by atoms with Gasteiger partial charge in [0.2, 0.25) is 12.5 Å². The van der Waals surface area contributed by atoms with Gasteiger partial charge in [0.25, 0.3) is 0 Å². The number of hydrogen-bond donors (Lipinski definition) is 1. The summed E-state index contributed by atoms with van der Waals surface area (Å²) in [4.78, 5) is 39.5. The molecular weight excluding hydrogens is 628 g/mol. The van der Waals surface area contributed by atoms with Gasteiger partial charge >= 0.3 is 18.0 Å². The SMILES string of the molecule is COc1cc([C@@H]2c3cc4c(cc3[C@H](OC(=O)CNC(=O)OC3CC(C)(C)N([O])C(C)(C)C3)[C@H]3COC(=O)[C@H]23)OCO4)cc(OC)c1OC. The number of carbonyl (C=O) groups is 3. The Labute approximate surface area is 278 Å². The fraction of sp³-hybridized carbons (Fsp3) is 0.559. The molecular formula is C34H41N2O12. The molecule has 0 aromatic heterocycles. The Morgan fingerprint density at radius 1 is 0.875 bits per heavy atom. The Balaban J connectivity index is 1.26. The minimum absolute atomic E-state index is 0.00963. The van der Waals surface area contributed by atoms with Crippen LogP contribution in [0.2, 0.25) is 0 Å². The second-order valence-electron chi connectivity index (χ2n) is 13.7. The van der Waals surface area contributed by atoms with Crippen LogP contribution in [0.4, 0.5) is 4.79 Å². The molecule has 1 radical (unpaired) electrons. The van der Waals surface area contributed by atoms with Crippen molar-refractivity contribution in [3.63, 3.8) is 0 Å². The van der Waals surface area contributed by atoms with Crippen molar-refractivity contribution in [3.8, 4) is 28.7 Å². The van der Waals surface area contributed by atoms with Crippen LogP contribution in [0.3, 0.4) is 0 Å². The third-order valence-electron chi connectivity index (χ3n) is 9.63. The van der Waals surface area contributed by atoms with Crippen molar-refractivity contribution < 1.29 is 57.5 Å². The highest BCUT2D eigenvalue weighted by Crippen LogP contribution is 2.56. The minimum atomic E-state index is -0.905. The summed E-state index contributed by atoms with van der Waals surface area (Å²) in [6, 6.07) is 7.12. The lowest BCUT2D eigenvalue weighted by molar-refractivity contribution is -0.298. The van der Waals surface area contributed by atoms with Gasteiger partial charge in [-0.25, -0.2) is 4.79 Å². The summed E-state index contributed by atoms with van der Waals surface area (Å²) in [5.41, 5.74) is 0.524. The first-order valence-electron chi connectivity index (χ1n) is 15.8. The summed E-state index contributed by atoms with van der Waals surface area (Å²) < 4.78 is 45.3. The molecule has 2 fully saturated rings. The van der Waals surface area contributed by atoms with Crippen molar-refractivity contribution in [2.24, 2.45) is 11.8 Å². The number of hydrogen-bond acceptors (Lipinski definition) is 12. The summed E-state index contributed by atoms with van der Waals surface area (Å²) in [6.07, 6.45) is -1.53. The van der Waals surface area contributed by atoms with Crippen molar-refractivity contribution >= 4 is 18.0 Å². The molecule has 0 spiro atoms. The van der Waals surface area contributed by atoms with E-state index in [0.29, 0.717) is 58.3 Å². The van der Waals surface area contributed by atoms with E-state index in [4.69, 9.17) is 37.9 Å². The number of carbonyl (C=O) groups excluding carboxylic acids is 3. The van der Waals surface area contributed by atoms with Gasteiger partial charge in [0.1, 0.15) is 18.8 Å². The van der Waals surface area contributed by atoms with E-state index in [2.05, 4.69) is 5.32 Å². The first kappa shape index (κ1) is 33.5. The zero-order valence-electron chi connectivity index (χ0n) is 28.1. The van der Waals surface area contributed by atoms with Crippen molar-refractivity contribution in [2.45, 2.75) is 69.7 Å². The van der Waals surface area contributed by atoms with Crippen LogP contribution in [0.1, 0.15) is 69.2 Å². The Morgan fingerprint density at radius 3 is 2.06 bits per heavy atom. The molecule has 4 atom stereocenters. The molecule has 6 rings (SSSR count). The summed E-state index contributed by atoms with van der Waals surface area (Å²) in [7, 11) is 4.53. The predicted molar refractivity (Wildman–Crippen MR) is 165 cm³/mol. The number of nitrogens with zero attached hydrogens (tertiary/aromatic N) is 1. The zero-order valence-corrected chi connectivity index (χ0v) is 28.1. The van der Waals surface area contributed by atoms with Gasteiger partial charge in [0.05, 0.1) is 33.9 Å². The van der Waals surface area contributed by atoms with Crippen molar-refractivity contribution in [1.29, 1.82) is 0 Å². The minimum Gasteiger partial charge on any atom is -0.493 e. The van der Waals surface area contributed by atoms with Gasteiger partial charge in [-0.2, -0.15) is 0 Å². The Kier molecular flexibility index (Phi) is 8.75. The van der Waals surface area contributed by atoms with E-state index in [-0.39, 0.29) is 13.4 Å². The number of fused-ring (bicyclic) bond motifs is 3. The number of nitrogens with one attached hydrogen (secondary N) is 1. The van der Waals surface area contributed by atoms with Crippen molar-refractivity contribution in [1.82, 2.24) is 10.4 Å². The van der Waals surface area contributed by atoms with Crippen LogP contribution < -0.4 is 29.0 Å². The molecule has 1 N–H and O–H groups in total. The summed E-state index contributed by atoms with van der Waals surface area (Å²) >= 11 is 0. The number of methoxy groups -OCH3 is 3. The van der Waals surface area contributed by atoms with Crippen molar-refractivity contribution in [2.75, 3.05) is 41.3 Å². The standard InChI is InChI=1S/C34H41N2O12/c1-33(2)12-18(13-34(3,4)36(33)40)47-32(39)35-14-26(37)48-29-20-11-23-22(45-16-46-23)10-19(20)27(28-21(29)15-44-31(28)38)17-8-24(41-5)30(43-7)25(9-17)42-6/h8-11,18,21,27-29H,12-16H2,1-7H3,(H,35,39)/t21-,27+,28-,29-/m0/s1. The number of alkyl carbamates (subject to hydrolysis) is 1. The normalized spacial score (nSPS) is 25.3. The number of esters is 2. The van der Waals surface area contributed by atoms with Crippen molar-refractivity contribution in [3.05, 3.63) is 41.0 Å². The van der Waals surface area contributed by atoms with E-state index < -0.39 is 65.6 Å². The van der Waals surface area contributed by atoms with Gasteiger partial charge < -0.3 is 43.2 Å². The molecule has 14 heteroatoms. The highest BCUT2D eigenvalue weighted by atomic mass is 16.7. The topological polar surface area (TPSA) is 160 Å². The molecule has 3 heterocycles. The fourth-order valence-corrected chi connectivity index (χ4v) is 7.72. The smallest absolute Gasteiger partial charge is 0.407 e. The second kappa shape index (κ2) is 12.5. The molecule has 48 heavy (non-hydrogen) atoms. The largest absolute Gasteiger partial charge is 0.493 e. The lowest BCUT2D eigenvalue weighted by atomic mass is 9.66. The second-order valence-corrected chi connectivity index (χ2v) is 13.7. The van der Waals surface area contributed by atoms with E-state index in [1.165, 1.54) is 21.3 Å². The van der Waals surface area contributed by atoms with E-state index in [1.807, 2.05) is 0 Å². The molecule has 259 valence electrons. The maximum absolute atomic E-state index is 13.4. The molecule has 0 saturated carbocycles. The molecule has 0 bridgehead atoms. The van der Waals surface area contributed by atoms with E-state index in [9.17, 15) is 19.6 Å². The lowest BCUT2D eigenvalue weighted by Crippen LogP contribution is -2.60. The first-order chi connectivity index (χ1) is 22.8. The van der Waals surface area contributed by atoms with E-state index in [1.54, 1.807) is 52.0 Å². The molecule has 2 saturated heterocycles. The first-order valence-corrected chi connectivity index (χ1v) is 15.8. The van der Waals surface area contributed by atoms with Crippen LogP contribution >= 0.6 is 0 Å². The van der Waals surface area contributed by atoms with Crippen LogP contribution in [0.25, 0.3) is 0 Å². The summed E-state index contributed by atoms with van der Waals surface area (Å²) in [6.45, 7) is 6.76. The van der Waals surface area contributed by atoms with Gasteiger partial charge in [-0.05, 0) is 63.1 Å². The number of amides is 1. The third kappa shape index (κ3) is 5.91. The van der Waals surface area contributed by atoms with Gasteiger partial charge in [0.15, 0.2) is 23.0 Å². The fourth-order valence-electron chi connectivity index (χ4n) is 7.72. The average Bonchev–Trinajstić information content (AvgIpc) is 3.66. The zero-order chi connectivity index (χ0) is 34.5. The Hall–Kier alpha value is -4.43. The van der Waals surface area contributed by atoms with Gasteiger partial charge in [0, 0.05) is 41.3 Å². The van der Waals surface area contributed by atoms with Gasteiger partial charge in [-0.1, -0.05) is 0 Å². The predicted octanol–water partition coefficient (Wildman–Crippen LogP) is 4.05. The molecule has 4 aliphatic rings. The summed E-state index contributed by atoms with van der Waals surface area (Å²) in [5, 5.41) is 16.2. The highest BCUT2D eigenvalue weighted by molar-refractivity contribution is 5.81. The van der Waals surface area contributed by atoms with Crippen LogP contribution in [-0.4, -0.2) is 81.6 Å². The van der Waals surface area contributed by atoms with Crippen LogP contribution in [0, 0.1) is 11.8 Å². The average molecular weight is 670 g/mol. The molecule has 14 nitrogen and oxygen atoms in total. The van der Waals surface area contributed by atoms with Crippen LogP contribution in [0.5, 0.6) is 28.7 Å². The molecule has 2 aromatic carbocycles. The van der Waals surface area contributed by atoms with E-state index >= 15 is 0 Å². The number of cyclic esters (lactones) is 1. The van der Waals surface area contributed by atoms with Gasteiger partial charge in [-0.3, -0.25) is 9.59 Å². The van der Waals surface area contributed by atoms with Gasteiger partial charge in [-0.15, -0.1) is 10.3 Å². The molecule has 0 unspecified atom stereocenters. The number of ether oxygens (including phenoxy) is 8. The summed E-state index contributed by atoms with van der Waals surface area (Å²) in [5.74, 6) is -0.860. The number of piperidine rings is 1. The van der Waals surface area contributed by atoms with Crippen LogP contribution in [-0.2, 0) is 29.0 Å². The number of rotatable bonds is 8.